The van der Waals surface area contributed by atoms with Gasteiger partial charge in [0.1, 0.15) is 0 Å². The average molecular weight is 415 g/mol. The zero-order valence-corrected chi connectivity index (χ0v) is 18.2. The number of hydrogen-bond donors (Lipinski definition) is 1. The smallest absolute Gasteiger partial charge is 0.251 e. The van der Waals surface area contributed by atoms with E-state index in [4.69, 9.17) is 0 Å². The molecule has 0 radical (unpaired) electrons. The van der Waals surface area contributed by atoms with E-state index in [0.717, 1.165) is 24.8 Å². The molecule has 3 rings (SSSR count). The predicted molar refractivity (Wildman–Crippen MR) is 115 cm³/mol. The first-order valence-corrected chi connectivity index (χ1v) is 11.7. The Bertz CT molecular complexity index is 946. The van der Waals surface area contributed by atoms with Crippen molar-refractivity contribution in [3.05, 3.63) is 65.2 Å². The molecule has 1 heterocycles. The summed E-state index contributed by atoms with van der Waals surface area (Å²) < 4.78 is 27.5. The molecule has 0 saturated carbocycles. The number of benzene rings is 2. The molecule has 0 aliphatic carbocycles. The van der Waals surface area contributed by atoms with Crippen LogP contribution in [0.1, 0.15) is 60.6 Å². The first-order valence-electron chi connectivity index (χ1n) is 10.3. The van der Waals surface area contributed by atoms with Crippen LogP contribution in [0.3, 0.4) is 0 Å². The van der Waals surface area contributed by atoms with E-state index in [1.807, 2.05) is 38.1 Å². The number of rotatable bonds is 6. The van der Waals surface area contributed by atoms with Crippen LogP contribution in [-0.2, 0) is 10.0 Å². The Morgan fingerprint density at radius 1 is 1.14 bits per heavy atom. The van der Waals surface area contributed by atoms with Gasteiger partial charge in [0.2, 0.25) is 10.0 Å². The highest BCUT2D eigenvalue weighted by molar-refractivity contribution is 7.89. The van der Waals surface area contributed by atoms with Gasteiger partial charge in [-0.15, -0.1) is 0 Å². The molecule has 1 aliphatic rings. The zero-order chi connectivity index (χ0) is 21.0. The van der Waals surface area contributed by atoms with Crippen molar-refractivity contribution in [2.75, 3.05) is 13.1 Å². The normalized spacial score (nSPS) is 17.1. The molecule has 1 N–H and O–H groups in total. The molecule has 0 spiro atoms. The van der Waals surface area contributed by atoms with Crippen molar-refractivity contribution >= 4 is 15.9 Å². The van der Waals surface area contributed by atoms with Crippen LogP contribution in [-0.4, -0.2) is 31.7 Å². The van der Waals surface area contributed by atoms with Crippen molar-refractivity contribution in [2.24, 2.45) is 5.92 Å². The third-order valence-electron chi connectivity index (χ3n) is 5.67. The summed E-state index contributed by atoms with van der Waals surface area (Å²) in [5.74, 6) is 0.285. The molecule has 2 aromatic carbocycles. The summed E-state index contributed by atoms with van der Waals surface area (Å²) in [6.07, 6.45) is 2.49. The van der Waals surface area contributed by atoms with E-state index in [9.17, 15) is 13.2 Å². The Kier molecular flexibility index (Phi) is 6.75. The Morgan fingerprint density at radius 2 is 1.79 bits per heavy atom. The van der Waals surface area contributed by atoms with Gasteiger partial charge in [-0.1, -0.05) is 49.7 Å². The van der Waals surface area contributed by atoms with Crippen LogP contribution in [0.2, 0.25) is 0 Å². The maximum atomic E-state index is 13.0. The predicted octanol–water partition coefficient (Wildman–Crippen LogP) is 4.30. The fourth-order valence-electron chi connectivity index (χ4n) is 3.63. The molecule has 0 aromatic heterocycles. The maximum Gasteiger partial charge on any atom is 0.251 e. The van der Waals surface area contributed by atoms with E-state index >= 15 is 0 Å². The summed E-state index contributed by atoms with van der Waals surface area (Å²) >= 11 is 0. The standard InChI is InChI=1S/C23H30N2O3S/c1-4-22(19-10-8-17(2)9-11-19)24-23(26)20-6-5-7-21(16-20)29(27,28)25-14-12-18(3)13-15-25/h5-11,16,18,22H,4,12-15H2,1-3H3,(H,24,26)/t22-/m1/s1. The average Bonchev–Trinajstić information content (AvgIpc) is 2.73. The summed E-state index contributed by atoms with van der Waals surface area (Å²) in [5, 5.41) is 3.04. The van der Waals surface area contributed by atoms with Gasteiger partial charge in [0, 0.05) is 18.7 Å². The number of sulfonamides is 1. The first-order chi connectivity index (χ1) is 13.8. The summed E-state index contributed by atoms with van der Waals surface area (Å²) in [4.78, 5) is 13.0. The summed E-state index contributed by atoms with van der Waals surface area (Å²) in [7, 11) is -3.58. The van der Waals surface area contributed by atoms with Crippen LogP contribution in [0.4, 0.5) is 0 Å². The molecule has 6 heteroatoms. The van der Waals surface area contributed by atoms with Crippen LogP contribution in [0.25, 0.3) is 0 Å². The lowest BCUT2D eigenvalue weighted by molar-refractivity contribution is 0.0935. The molecule has 0 bridgehead atoms. The second-order valence-electron chi connectivity index (χ2n) is 7.96. The first kappa shape index (κ1) is 21.5. The summed E-state index contributed by atoms with van der Waals surface area (Å²) in [6, 6.07) is 14.3. The third kappa shape index (κ3) is 5.06. The zero-order valence-electron chi connectivity index (χ0n) is 17.4. The molecule has 1 atom stereocenters. The Hall–Kier alpha value is -2.18. The monoisotopic (exact) mass is 414 g/mol. The minimum atomic E-state index is -3.58. The SMILES string of the molecule is CC[C@@H](NC(=O)c1cccc(S(=O)(=O)N2CCC(C)CC2)c1)c1ccc(C)cc1. The van der Waals surface area contributed by atoms with E-state index < -0.39 is 10.0 Å². The van der Waals surface area contributed by atoms with E-state index in [-0.39, 0.29) is 16.8 Å². The van der Waals surface area contributed by atoms with E-state index in [1.165, 1.54) is 15.9 Å². The Morgan fingerprint density at radius 3 is 2.41 bits per heavy atom. The number of nitrogens with one attached hydrogen (secondary N) is 1. The lowest BCUT2D eigenvalue weighted by Crippen LogP contribution is -2.38. The molecule has 29 heavy (non-hydrogen) atoms. The van der Waals surface area contributed by atoms with Gasteiger partial charge in [0.05, 0.1) is 10.9 Å². The summed E-state index contributed by atoms with van der Waals surface area (Å²) in [6.45, 7) is 7.25. The van der Waals surface area contributed by atoms with E-state index in [0.29, 0.717) is 24.6 Å². The van der Waals surface area contributed by atoms with Gasteiger partial charge in [-0.05, 0) is 55.9 Å². The Balaban J connectivity index is 1.77. The van der Waals surface area contributed by atoms with Gasteiger partial charge in [0.15, 0.2) is 0 Å². The van der Waals surface area contributed by atoms with Gasteiger partial charge in [-0.3, -0.25) is 4.79 Å². The van der Waals surface area contributed by atoms with Crippen LogP contribution in [0, 0.1) is 12.8 Å². The third-order valence-corrected chi connectivity index (χ3v) is 7.56. The second kappa shape index (κ2) is 9.09. The summed E-state index contributed by atoms with van der Waals surface area (Å²) in [5.41, 5.74) is 2.57. The number of hydrogen-bond acceptors (Lipinski definition) is 3. The highest BCUT2D eigenvalue weighted by Crippen LogP contribution is 2.24. The minimum absolute atomic E-state index is 0.119. The maximum absolute atomic E-state index is 13.0. The van der Waals surface area contributed by atoms with E-state index in [2.05, 4.69) is 12.2 Å². The van der Waals surface area contributed by atoms with Gasteiger partial charge >= 0.3 is 0 Å². The van der Waals surface area contributed by atoms with Crippen molar-refractivity contribution < 1.29 is 13.2 Å². The fourth-order valence-corrected chi connectivity index (χ4v) is 5.15. The molecule has 1 amide bonds. The lowest BCUT2D eigenvalue weighted by atomic mass is 10.0. The van der Waals surface area contributed by atoms with Gasteiger partial charge in [-0.25, -0.2) is 8.42 Å². The second-order valence-corrected chi connectivity index (χ2v) is 9.90. The van der Waals surface area contributed by atoms with Gasteiger partial charge in [0.25, 0.3) is 5.91 Å². The lowest BCUT2D eigenvalue weighted by Gasteiger charge is -2.29. The molecule has 1 saturated heterocycles. The largest absolute Gasteiger partial charge is 0.345 e. The molecule has 1 fully saturated rings. The number of amides is 1. The van der Waals surface area contributed by atoms with Crippen molar-refractivity contribution in [2.45, 2.75) is 51.0 Å². The molecule has 2 aromatic rings. The number of nitrogens with zero attached hydrogens (tertiary/aromatic N) is 1. The minimum Gasteiger partial charge on any atom is -0.345 e. The van der Waals surface area contributed by atoms with Crippen LogP contribution < -0.4 is 5.32 Å². The Labute approximate surface area is 174 Å². The van der Waals surface area contributed by atoms with Crippen molar-refractivity contribution in [1.29, 1.82) is 0 Å². The fraction of sp³-hybridized carbons (Fsp3) is 0.435. The molecular formula is C23H30N2O3S. The molecule has 1 aliphatic heterocycles. The highest BCUT2D eigenvalue weighted by Gasteiger charge is 2.28. The van der Waals surface area contributed by atoms with Crippen LogP contribution in [0.15, 0.2) is 53.4 Å². The molecule has 0 unspecified atom stereocenters. The van der Waals surface area contributed by atoms with Crippen molar-refractivity contribution in [3.8, 4) is 0 Å². The van der Waals surface area contributed by atoms with Gasteiger partial charge < -0.3 is 5.32 Å². The highest BCUT2D eigenvalue weighted by atomic mass is 32.2. The van der Waals surface area contributed by atoms with Crippen LogP contribution in [0.5, 0.6) is 0 Å². The van der Waals surface area contributed by atoms with Gasteiger partial charge in [-0.2, -0.15) is 4.31 Å². The van der Waals surface area contributed by atoms with Crippen molar-refractivity contribution in [1.82, 2.24) is 9.62 Å². The van der Waals surface area contributed by atoms with Crippen LogP contribution >= 0.6 is 0 Å². The number of carbonyl (C=O) groups excluding carboxylic acids is 1. The number of piperidine rings is 1. The molecule has 156 valence electrons. The number of carbonyl (C=O) groups is 1. The topological polar surface area (TPSA) is 66.5 Å². The number of aryl methyl sites for hydroxylation is 1. The molecular weight excluding hydrogens is 384 g/mol. The van der Waals surface area contributed by atoms with Crippen molar-refractivity contribution in [3.63, 3.8) is 0 Å². The molecule has 5 nitrogen and oxygen atoms in total. The quantitative estimate of drug-likeness (QED) is 0.766. The van der Waals surface area contributed by atoms with E-state index in [1.54, 1.807) is 18.2 Å².